The molecule has 0 radical (unpaired) electrons. The molecule has 0 bridgehead atoms. The summed E-state index contributed by atoms with van der Waals surface area (Å²) in [6, 6.07) is 5.69. The molecule has 3 nitrogen and oxygen atoms in total. The molecule has 0 saturated heterocycles. The second-order valence-corrected chi connectivity index (χ2v) is 2.69. The zero-order valence-electron chi connectivity index (χ0n) is 7.11. The summed E-state index contributed by atoms with van der Waals surface area (Å²) in [6.45, 7) is 0. The standard InChI is InChI=1S/C10H6FNO2/c11-8-3-1-7(2-4-8)10-9(5-13)14-6-12-10/h1-6H. The van der Waals surface area contributed by atoms with Crippen molar-refractivity contribution in [3.05, 3.63) is 42.2 Å². The Kier molecular flexibility index (Phi) is 2.10. The first kappa shape index (κ1) is 8.62. The van der Waals surface area contributed by atoms with Crippen molar-refractivity contribution in [1.82, 2.24) is 4.98 Å². The van der Waals surface area contributed by atoms with Crippen LogP contribution in [0.25, 0.3) is 11.3 Å². The van der Waals surface area contributed by atoms with E-state index in [0.717, 1.165) is 0 Å². The Labute approximate surface area is 79.2 Å². The second-order valence-electron chi connectivity index (χ2n) is 2.69. The number of halogens is 1. The van der Waals surface area contributed by atoms with Gasteiger partial charge in [-0.15, -0.1) is 0 Å². The maximum Gasteiger partial charge on any atom is 0.194 e. The molecular formula is C10H6FNO2. The fourth-order valence-corrected chi connectivity index (χ4v) is 1.16. The van der Waals surface area contributed by atoms with Gasteiger partial charge in [-0.1, -0.05) is 0 Å². The van der Waals surface area contributed by atoms with E-state index >= 15 is 0 Å². The third-order valence-corrected chi connectivity index (χ3v) is 1.82. The molecule has 0 atom stereocenters. The molecule has 0 unspecified atom stereocenters. The van der Waals surface area contributed by atoms with Crippen LogP contribution in [0.2, 0.25) is 0 Å². The quantitative estimate of drug-likeness (QED) is 0.684. The molecule has 1 aromatic heterocycles. The zero-order valence-corrected chi connectivity index (χ0v) is 7.11. The third-order valence-electron chi connectivity index (χ3n) is 1.82. The largest absolute Gasteiger partial charge is 0.440 e. The lowest BCUT2D eigenvalue weighted by molar-refractivity contribution is 0.110. The molecular weight excluding hydrogens is 185 g/mol. The Hall–Kier alpha value is -1.97. The number of benzene rings is 1. The fourth-order valence-electron chi connectivity index (χ4n) is 1.16. The van der Waals surface area contributed by atoms with E-state index in [4.69, 9.17) is 4.42 Å². The monoisotopic (exact) mass is 191 g/mol. The van der Waals surface area contributed by atoms with Crippen LogP contribution in [0.15, 0.2) is 35.1 Å². The molecule has 0 aliphatic carbocycles. The Morgan fingerprint density at radius 1 is 1.29 bits per heavy atom. The van der Waals surface area contributed by atoms with Crippen molar-refractivity contribution in [3.8, 4) is 11.3 Å². The molecule has 0 spiro atoms. The Morgan fingerprint density at radius 2 is 2.00 bits per heavy atom. The lowest BCUT2D eigenvalue weighted by Crippen LogP contribution is -1.84. The number of aromatic nitrogens is 1. The first-order chi connectivity index (χ1) is 6.81. The summed E-state index contributed by atoms with van der Waals surface area (Å²) >= 11 is 0. The number of carbonyl (C=O) groups is 1. The van der Waals surface area contributed by atoms with Gasteiger partial charge in [-0.05, 0) is 24.3 Å². The number of hydrogen-bond acceptors (Lipinski definition) is 3. The molecule has 0 saturated carbocycles. The van der Waals surface area contributed by atoms with Gasteiger partial charge in [0.15, 0.2) is 18.4 Å². The molecule has 2 aromatic rings. The third kappa shape index (κ3) is 1.42. The molecule has 1 heterocycles. The Morgan fingerprint density at radius 3 is 2.64 bits per heavy atom. The summed E-state index contributed by atoms with van der Waals surface area (Å²) in [6.07, 6.45) is 1.76. The van der Waals surface area contributed by atoms with Crippen molar-refractivity contribution in [2.24, 2.45) is 0 Å². The first-order valence-corrected chi connectivity index (χ1v) is 3.96. The number of nitrogens with zero attached hydrogens (tertiary/aromatic N) is 1. The van der Waals surface area contributed by atoms with Crippen molar-refractivity contribution in [1.29, 1.82) is 0 Å². The van der Waals surface area contributed by atoms with Gasteiger partial charge in [0.25, 0.3) is 0 Å². The maximum atomic E-state index is 12.6. The molecule has 70 valence electrons. The van der Waals surface area contributed by atoms with E-state index in [-0.39, 0.29) is 11.6 Å². The van der Waals surface area contributed by atoms with E-state index in [1.807, 2.05) is 0 Å². The molecule has 1 aromatic carbocycles. The molecule has 0 amide bonds. The zero-order chi connectivity index (χ0) is 9.97. The highest BCUT2D eigenvalue weighted by atomic mass is 19.1. The summed E-state index contributed by atoms with van der Waals surface area (Å²) in [7, 11) is 0. The van der Waals surface area contributed by atoms with Gasteiger partial charge in [-0.3, -0.25) is 4.79 Å². The van der Waals surface area contributed by atoms with Crippen LogP contribution < -0.4 is 0 Å². The van der Waals surface area contributed by atoms with Crippen LogP contribution in [0.5, 0.6) is 0 Å². The highest BCUT2D eigenvalue weighted by molar-refractivity contribution is 5.81. The minimum absolute atomic E-state index is 0.150. The van der Waals surface area contributed by atoms with E-state index in [9.17, 15) is 9.18 Å². The molecule has 0 aliphatic heterocycles. The van der Waals surface area contributed by atoms with Gasteiger partial charge < -0.3 is 4.42 Å². The van der Waals surface area contributed by atoms with Crippen LogP contribution in [0.1, 0.15) is 10.6 Å². The summed E-state index contributed by atoms with van der Waals surface area (Å²) in [5.74, 6) is -0.179. The first-order valence-electron chi connectivity index (χ1n) is 3.96. The number of aldehydes is 1. The van der Waals surface area contributed by atoms with Crippen LogP contribution in [0.3, 0.4) is 0 Å². The van der Waals surface area contributed by atoms with E-state index in [1.54, 1.807) is 12.1 Å². The minimum Gasteiger partial charge on any atom is -0.440 e. The smallest absolute Gasteiger partial charge is 0.194 e. The predicted octanol–water partition coefficient (Wildman–Crippen LogP) is 2.29. The normalized spacial score (nSPS) is 10.1. The van der Waals surface area contributed by atoms with Gasteiger partial charge in [0.2, 0.25) is 0 Å². The lowest BCUT2D eigenvalue weighted by atomic mass is 10.1. The summed E-state index contributed by atoms with van der Waals surface area (Å²) in [4.78, 5) is 14.4. The number of hydrogen-bond donors (Lipinski definition) is 0. The highest BCUT2D eigenvalue weighted by Crippen LogP contribution is 2.20. The lowest BCUT2D eigenvalue weighted by Gasteiger charge is -1.95. The molecule has 4 heteroatoms. The maximum absolute atomic E-state index is 12.6. The fraction of sp³-hybridized carbons (Fsp3) is 0. The van der Waals surface area contributed by atoms with E-state index in [0.29, 0.717) is 17.5 Å². The van der Waals surface area contributed by atoms with Gasteiger partial charge in [-0.2, -0.15) is 0 Å². The van der Waals surface area contributed by atoms with Crippen LogP contribution in [-0.4, -0.2) is 11.3 Å². The van der Waals surface area contributed by atoms with Crippen LogP contribution >= 0.6 is 0 Å². The van der Waals surface area contributed by atoms with Crippen molar-refractivity contribution in [2.75, 3.05) is 0 Å². The Balaban J connectivity index is 2.49. The molecule has 0 fully saturated rings. The van der Waals surface area contributed by atoms with Crippen LogP contribution in [0, 0.1) is 5.82 Å². The molecule has 0 N–H and O–H groups in total. The molecule has 14 heavy (non-hydrogen) atoms. The van der Waals surface area contributed by atoms with E-state index in [2.05, 4.69) is 4.98 Å². The van der Waals surface area contributed by atoms with E-state index in [1.165, 1.54) is 18.5 Å². The van der Waals surface area contributed by atoms with Crippen molar-refractivity contribution >= 4 is 6.29 Å². The summed E-state index contributed by atoms with van der Waals surface area (Å²) < 4.78 is 17.4. The van der Waals surface area contributed by atoms with Crippen molar-refractivity contribution < 1.29 is 13.6 Å². The number of carbonyl (C=O) groups excluding carboxylic acids is 1. The highest BCUT2D eigenvalue weighted by Gasteiger charge is 2.08. The predicted molar refractivity (Wildman–Crippen MR) is 47.3 cm³/mol. The summed E-state index contributed by atoms with van der Waals surface area (Å²) in [5.41, 5.74) is 1.09. The van der Waals surface area contributed by atoms with E-state index < -0.39 is 0 Å². The van der Waals surface area contributed by atoms with Crippen LogP contribution in [-0.2, 0) is 0 Å². The SMILES string of the molecule is O=Cc1ocnc1-c1ccc(F)cc1. The molecule has 0 aliphatic rings. The van der Waals surface area contributed by atoms with Gasteiger partial charge in [-0.25, -0.2) is 9.37 Å². The van der Waals surface area contributed by atoms with Crippen LogP contribution in [0.4, 0.5) is 4.39 Å². The van der Waals surface area contributed by atoms with Gasteiger partial charge >= 0.3 is 0 Å². The number of rotatable bonds is 2. The second kappa shape index (κ2) is 3.41. The molecule has 2 rings (SSSR count). The minimum atomic E-state index is -0.329. The topological polar surface area (TPSA) is 43.1 Å². The van der Waals surface area contributed by atoms with Gasteiger partial charge in [0.05, 0.1) is 0 Å². The van der Waals surface area contributed by atoms with Crippen molar-refractivity contribution in [3.63, 3.8) is 0 Å². The Bertz CT molecular complexity index is 447. The average molecular weight is 191 g/mol. The summed E-state index contributed by atoms with van der Waals surface area (Å²) in [5, 5.41) is 0. The van der Waals surface area contributed by atoms with Gasteiger partial charge in [0.1, 0.15) is 11.5 Å². The average Bonchev–Trinajstić information content (AvgIpc) is 2.67. The van der Waals surface area contributed by atoms with Crippen molar-refractivity contribution in [2.45, 2.75) is 0 Å². The van der Waals surface area contributed by atoms with Gasteiger partial charge in [0, 0.05) is 5.56 Å². The number of oxazole rings is 1.